The van der Waals surface area contributed by atoms with Gasteiger partial charge in [-0.3, -0.25) is 9.59 Å². The zero-order chi connectivity index (χ0) is 8.43. The number of hydrogen-bond acceptors (Lipinski definition) is 3. The van der Waals surface area contributed by atoms with Crippen LogP contribution < -0.4 is 0 Å². The Morgan fingerprint density at radius 2 is 2.09 bits per heavy atom. The molecule has 0 aromatic carbocycles. The van der Waals surface area contributed by atoms with Gasteiger partial charge in [0.2, 0.25) is 0 Å². The summed E-state index contributed by atoms with van der Waals surface area (Å²) >= 11 is 0. The first kappa shape index (κ1) is 8.24. The zero-order valence-electron chi connectivity index (χ0n) is 6.79. The molecular weight excluding hydrogens is 144 g/mol. The van der Waals surface area contributed by atoms with Gasteiger partial charge in [-0.2, -0.15) is 0 Å². The fourth-order valence-electron chi connectivity index (χ4n) is 1.22. The van der Waals surface area contributed by atoms with Crippen molar-refractivity contribution in [3.8, 4) is 0 Å². The third-order valence-corrected chi connectivity index (χ3v) is 2.06. The summed E-state index contributed by atoms with van der Waals surface area (Å²) in [4.78, 5) is 21.8. The third kappa shape index (κ3) is 1.59. The van der Waals surface area contributed by atoms with Gasteiger partial charge < -0.3 is 4.74 Å². The van der Waals surface area contributed by atoms with Crippen LogP contribution in [0.4, 0.5) is 0 Å². The van der Waals surface area contributed by atoms with E-state index in [1.807, 2.05) is 6.92 Å². The van der Waals surface area contributed by atoms with Gasteiger partial charge in [0, 0.05) is 12.3 Å². The summed E-state index contributed by atoms with van der Waals surface area (Å²) in [5.74, 6) is -0.225. The molecule has 3 nitrogen and oxygen atoms in total. The quantitative estimate of drug-likeness (QED) is 0.567. The molecule has 1 aliphatic carbocycles. The highest BCUT2D eigenvalue weighted by atomic mass is 16.5. The number of esters is 1. The predicted octanol–water partition coefficient (Wildman–Crippen LogP) is 0.775. The number of carbonyl (C=O) groups is 2. The molecule has 0 bridgehead atoms. The first-order valence-corrected chi connectivity index (χ1v) is 3.81. The van der Waals surface area contributed by atoms with Crippen LogP contribution in [-0.2, 0) is 14.3 Å². The minimum atomic E-state index is -0.239. The van der Waals surface area contributed by atoms with Gasteiger partial charge in [-0.25, -0.2) is 0 Å². The molecule has 0 radical (unpaired) electrons. The Hall–Kier alpha value is -0.860. The van der Waals surface area contributed by atoms with Crippen LogP contribution in [0.5, 0.6) is 0 Å². The summed E-state index contributed by atoms with van der Waals surface area (Å²) in [6, 6.07) is 0. The Labute approximate surface area is 65.7 Å². The molecule has 2 atom stereocenters. The van der Waals surface area contributed by atoms with Crippen LogP contribution in [0.2, 0.25) is 0 Å². The fraction of sp³-hybridized carbons (Fsp3) is 0.750. The number of ether oxygens (including phenoxy) is 1. The molecular formula is C8H12O3. The van der Waals surface area contributed by atoms with Gasteiger partial charge in [0.25, 0.3) is 0 Å². The van der Waals surface area contributed by atoms with Crippen molar-refractivity contribution in [2.45, 2.75) is 19.8 Å². The maximum absolute atomic E-state index is 11.0. The van der Waals surface area contributed by atoms with Crippen LogP contribution in [0, 0.1) is 11.8 Å². The van der Waals surface area contributed by atoms with Crippen molar-refractivity contribution in [2.24, 2.45) is 11.8 Å². The van der Waals surface area contributed by atoms with Crippen molar-refractivity contribution in [2.75, 3.05) is 7.11 Å². The molecule has 1 rings (SSSR count). The molecule has 0 aromatic heterocycles. The molecule has 0 N–H and O–H groups in total. The van der Waals surface area contributed by atoms with Crippen LogP contribution in [-0.4, -0.2) is 18.9 Å². The minimum absolute atomic E-state index is 0.0348. The van der Waals surface area contributed by atoms with Crippen molar-refractivity contribution in [1.82, 2.24) is 0 Å². The maximum atomic E-state index is 11.0. The summed E-state index contributed by atoms with van der Waals surface area (Å²) in [7, 11) is 1.36. The number of Topliss-reactive ketones (excluding diaryl/α,β-unsaturated/α-hetero) is 1. The topological polar surface area (TPSA) is 43.4 Å². The van der Waals surface area contributed by atoms with E-state index in [-0.39, 0.29) is 23.6 Å². The number of ketones is 1. The van der Waals surface area contributed by atoms with E-state index in [4.69, 9.17) is 0 Å². The first-order valence-electron chi connectivity index (χ1n) is 3.81. The van der Waals surface area contributed by atoms with E-state index in [0.717, 1.165) is 0 Å². The number of hydrogen-bond donors (Lipinski definition) is 0. The highest BCUT2D eigenvalue weighted by molar-refractivity contribution is 5.91. The molecule has 0 amide bonds. The molecule has 0 aliphatic heterocycles. The normalized spacial score (nSPS) is 27.8. The zero-order valence-corrected chi connectivity index (χ0v) is 6.79. The second kappa shape index (κ2) is 3.03. The lowest BCUT2D eigenvalue weighted by Crippen LogP contribution is -2.08. The summed E-state index contributed by atoms with van der Waals surface area (Å²) in [6.45, 7) is 1.81. The average molecular weight is 156 g/mol. The summed E-state index contributed by atoms with van der Waals surface area (Å²) in [5, 5.41) is 0. The van der Waals surface area contributed by atoms with Crippen molar-refractivity contribution in [3.63, 3.8) is 0 Å². The lowest BCUT2D eigenvalue weighted by Gasteiger charge is -1.95. The second-order valence-corrected chi connectivity index (χ2v) is 2.79. The van der Waals surface area contributed by atoms with E-state index in [0.29, 0.717) is 12.8 Å². The number of rotatable bonds is 3. The Balaban J connectivity index is 2.37. The molecule has 0 spiro atoms. The van der Waals surface area contributed by atoms with Gasteiger partial charge >= 0.3 is 5.97 Å². The van der Waals surface area contributed by atoms with Crippen LogP contribution in [0.25, 0.3) is 0 Å². The van der Waals surface area contributed by atoms with E-state index in [9.17, 15) is 9.59 Å². The molecule has 11 heavy (non-hydrogen) atoms. The SMILES string of the molecule is CCC(=O)C1CC1C(=O)OC. The van der Waals surface area contributed by atoms with Gasteiger partial charge in [0.1, 0.15) is 5.78 Å². The van der Waals surface area contributed by atoms with Gasteiger partial charge in [-0.05, 0) is 6.42 Å². The molecule has 62 valence electrons. The van der Waals surface area contributed by atoms with Gasteiger partial charge in [-0.15, -0.1) is 0 Å². The first-order chi connectivity index (χ1) is 5.20. The Bertz CT molecular complexity index is 166. The lowest BCUT2D eigenvalue weighted by atomic mass is 10.2. The standard InChI is InChI=1S/C8H12O3/c1-3-7(9)5-4-6(5)8(10)11-2/h5-6H,3-4H2,1-2H3. The molecule has 2 unspecified atom stereocenters. The highest BCUT2D eigenvalue weighted by Crippen LogP contribution is 2.40. The second-order valence-electron chi connectivity index (χ2n) is 2.79. The lowest BCUT2D eigenvalue weighted by molar-refractivity contribution is -0.143. The summed E-state index contributed by atoms with van der Waals surface area (Å²) < 4.78 is 4.51. The smallest absolute Gasteiger partial charge is 0.309 e. The Kier molecular flexibility index (Phi) is 2.27. The van der Waals surface area contributed by atoms with Crippen molar-refractivity contribution in [3.05, 3.63) is 0 Å². The van der Waals surface area contributed by atoms with Crippen LogP contribution >= 0.6 is 0 Å². The average Bonchev–Trinajstić information content (AvgIpc) is 2.80. The number of carbonyl (C=O) groups excluding carboxylic acids is 2. The van der Waals surface area contributed by atoms with Crippen LogP contribution in [0.3, 0.4) is 0 Å². The van der Waals surface area contributed by atoms with Gasteiger partial charge in [-0.1, -0.05) is 6.92 Å². The molecule has 1 saturated carbocycles. The molecule has 0 saturated heterocycles. The van der Waals surface area contributed by atoms with E-state index in [1.165, 1.54) is 7.11 Å². The van der Waals surface area contributed by atoms with E-state index in [1.54, 1.807) is 0 Å². The monoisotopic (exact) mass is 156 g/mol. The summed E-state index contributed by atoms with van der Waals surface area (Å²) in [6.07, 6.45) is 1.22. The van der Waals surface area contributed by atoms with E-state index < -0.39 is 0 Å². The number of methoxy groups -OCH3 is 1. The van der Waals surface area contributed by atoms with Crippen molar-refractivity contribution in [1.29, 1.82) is 0 Å². The van der Waals surface area contributed by atoms with Crippen LogP contribution in [0.1, 0.15) is 19.8 Å². The van der Waals surface area contributed by atoms with Crippen molar-refractivity contribution >= 4 is 11.8 Å². The molecule has 0 aromatic rings. The van der Waals surface area contributed by atoms with E-state index >= 15 is 0 Å². The van der Waals surface area contributed by atoms with Gasteiger partial charge in [0.15, 0.2) is 0 Å². The van der Waals surface area contributed by atoms with E-state index in [2.05, 4.69) is 4.74 Å². The molecule has 3 heteroatoms. The molecule has 0 heterocycles. The van der Waals surface area contributed by atoms with Gasteiger partial charge in [0.05, 0.1) is 13.0 Å². The largest absolute Gasteiger partial charge is 0.469 e. The Morgan fingerprint density at radius 1 is 1.45 bits per heavy atom. The Morgan fingerprint density at radius 3 is 2.55 bits per heavy atom. The highest BCUT2D eigenvalue weighted by Gasteiger charge is 2.47. The molecule has 1 fully saturated rings. The predicted molar refractivity (Wildman–Crippen MR) is 38.9 cm³/mol. The maximum Gasteiger partial charge on any atom is 0.309 e. The summed E-state index contributed by atoms with van der Waals surface area (Å²) in [5.41, 5.74) is 0. The molecule has 1 aliphatic rings. The fourth-order valence-corrected chi connectivity index (χ4v) is 1.22. The third-order valence-electron chi connectivity index (χ3n) is 2.06. The van der Waals surface area contributed by atoms with Crippen LogP contribution in [0.15, 0.2) is 0 Å². The van der Waals surface area contributed by atoms with Crippen molar-refractivity contribution < 1.29 is 14.3 Å². The minimum Gasteiger partial charge on any atom is -0.469 e.